The molecular weight excluding hydrogens is 199 g/mol. The van der Waals surface area contributed by atoms with Gasteiger partial charge < -0.3 is 4.98 Å². The molecule has 0 bridgehead atoms. The third kappa shape index (κ3) is 1.32. The first-order chi connectivity index (χ1) is 6.59. The largest absolute Gasteiger partial charge is 0.341 e. The van der Waals surface area contributed by atoms with Crippen LogP contribution < -0.4 is 0 Å². The van der Waals surface area contributed by atoms with E-state index in [1.54, 1.807) is 13.0 Å². The molecule has 1 N–H and O–H groups in total. The number of aromatic nitrogens is 2. The second-order valence-electron chi connectivity index (χ2n) is 3.24. The van der Waals surface area contributed by atoms with Gasteiger partial charge in [0.2, 0.25) is 0 Å². The normalized spacial score (nSPS) is 10.8. The van der Waals surface area contributed by atoms with Crippen molar-refractivity contribution in [3.05, 3.63) is 34.0 Å². The second-order valence-corrected chi connectivity index (χ2v) is 3.63. The molecule has 2 aromatic rings. The third-order valence-corrected chi connectivity index (χ3v) is 2.45. The number of nitrogens with one attached hydrogen (secondary N) is 1. The Balaban J connectivity index is 3.08. The van der Waals surface area contributed by atoms with Crippen molar-refractivity contribution in [2.45, 2.75) is 13.8 Å². The van der Waals surface area contributed by atoms with Crippen LogP contribution in [0.15, 0.2) is 12.1 Å². The van der Waals surface area contributed by atoms with Gasteiger partial charge in [0.05, 0.1) is 5.52 Å². The zero-order valence-electron chi connectivity index (χ0n) is 7.89. The van der Waals surface area contributed by atoms with E-state index in [0.29, 0.717) is 21.4 Å². The number of aromatic amines is 1. The number of nitrogens with zero attached hydrogens (tertiary/aromatic N) is 1. The summed E-state index contributed by atoms with van der Waals surface area (Å²) in [6, 6.07) is 3.14. The zero-order valence-corrected chi connectivity index (χ0v) is 8.70. The summed E-state index contributed by atoms with van der Waals surface area (Å²) >= 11 is 5.09. The van der Waals surface area contributed by atoms with E-state index in [1.807, 2.05) is 6.92 Å². The van der Waals surface area contributed by atoms with Gasteiger partial charge >= 0.3 is 0 Å². The van der Waals surface area contributed by atoms with Crippen LogP contribution in [0.4, 0.5) is 4.39 Å². The van der Waals surface area contributed by atoms with E-state index in [2.05, 4.69) is 9.97 Å². The summed E-state index contributed by atoms with van der Waals surface area (Å²) in [7, 11) is 0. The predicted octanol–water partition coefficient (Wildman–Crippen LogP) is 3.05. The van der Waals surface area contributed by atoms with Gasteiger partial charge in [0.25, 0.3) is 0 Å². The van der Waals surface area contributed by atoms with E-state index in [9.17, 15) is 4.39 Å². The molecule has 2 nitrogen and oxygen atoms in total. The van der Waals surface area contributed by atoms with Gasteiger partial charge in [0.1, 0.15) is 16.3 Å². The highest BCUT2D eigenvalue weighted by molar-refractivity contribution is 7.71. The molecule has 14 heavy (non-hydrogen) atoms. The number of hydrogen-bond acceptors (Lipinski definition) is 2. The standard InChI is InChI=1S/C10H9FN2S/c1-5-3-4-7(11)9-8(5)10(14)13-6(2)12-9/h3-4H,1-2H3,(H,12,13,14). The zero-order chi connectivity index (χ0) is 10.3. The highest BCUT2D eigenvalue weighted by atomic mass is 32.1. The first-order valence-corrected chi connectivity index (χ1v) is 4.66. The molecule has 1 heterocycles. The molecule has 0 saturated heterocycles. The van der Waals surface area contributed by atoms with Gasteiger partial charge in [0, 0.05) is 5.39 Å². The summed E-state index contributed by atoms with van der Waals surface area (Å²) in [5.41, 5.74) is 1.39. The molecule has 0 fully saturated rings. The van der Waals surface area contributed by atoms with Crippen molar-refractivity contribution >= 4 is 23.1 Å². The number of rotatable bonds is 0. The lowest BCUT2D eigenvalue weighted by Gasteiger charge is -2.04. The molecular formula is C10H9FN2S. The maximum atomic E-state index is 13.4. The Morgan fingerprint density at radius 1 is 1.36 bits per heavy atom. The molecule has 1 aromatic carbocycles. The van der Waals surface area contributed by atoms with Crippen molar-refractivity contribution in [1.29, 1.82) is 0 Å². The fourth-order valence-electron chi connectivity index (χ4n) is 1.50. The van der Waals surface area contributed by atoms with Crippen molar-refractivity contribution in [2.75, 3.05) is 0 Å². The Bertz CT molecular complexity index is 560. The first kappa shape index (κ1) is 9.27. The fourth-order valence-corrected chi connectivity index (χ4v) is 1.90. The SMILES string of the molecule is Cc1nc(=S)c2c(C)ccc(F)c2[nH]1. The van der Waals surface area contributed by atoms with E-state index in [4.69, 9.17) is 12.2 Å². The van der Waals surface area contributed by atoms with Gasteiger partial charge in [-0.05, 0) is 25.5 Å². The number of H-pyrrole nitrogens is 1. The van der Waals surface area contributed by atoms with Crippen LogP contribution in [0.1, 0.15) is 11.4 Å². The summed E-state index contributed by atoms with van der Waals surface area (Å²) in [5.74, 6) is 0.342. The number of hydrogen-bond donors (Lipinski definition) is 1. The fraction of sp³-hybridized carbons (Fsp3) is 0.200. The van der Waals surface area contributed by atoms with Gasteiger partial charge in [-0.25, -0.2) is 9.37 Å². The van der Waals surface area contributed by atoms with Crippen molar-refractivity contribution in [3.8, 4) is 0 Å². The topological polar surface area (TPSA) is 28.7 Å². The summed E-state index contributed by atoms with van der Waals surface area (Å²) in [6.07, 6.45) is 0. The summed E-state index contributed by atoms with van der Waals surface area (Å²) < 4.78 is 13.9. The smallest absolute Gasteiger partial charge is 0.147 e. The minimum Gasteiger partial charge on any atom is -0.341 e. The number of benzene rings is 1. The maximum Gasteiger partial charge on any atom is 0.147 e. The van der Waals surface area contributed by atoms with Crippen molar-refractivity contribution in [3.63, 3.8) is 0 Å². The van der Waals surface area contributed by atoms with Crippen LogP contribution in [0, 0.1) is 24.3 Å². The highest BCUT2D eigenvalue weighted by Gasteiger charge is 2.06. The predicted molar refractivity (Wildman–Crippen MR) is 56.4 cm³/mol. The van der Waals surface area contributed by atoms with Gasteiger partial charge in [-0.1, -0.05) is 18.3 Å². The lowest BCUT2D eigenvalue weighted by atomic mass is 10.1. The van der Waals surface area contributed by atoms with E-state index in [0.717, 1.165) is 5.56 Å². The molecule has 0 aliphatic heterocycles. The molecule has 0 amide bonds. The molecule has 0 aliphatic rings. The van der Waals surface area contributed by atoms with Crippen molar-refractivity contribution < 1.29 is 4.39 Å². The average Bonchev–Trinajstić information content (AvgIpc) is 2.10. The van der Waals surface area contributed by atoms with E-state index < -0.39 is 0 Å². The third-order valence-electron chi connectivity index (χ3n) is 2.15. The summed E-state index contributed by atoms with van der Waals surface area (Å²) in [5, 5.41) is 0.700. The Kier molecular flexibility index (Phi) is 2.07. The molecule has 4 heteroatoms. The molecule has 0 aliphatic carbocycles. The minimum atomic E-state index is -0.290. The van der Waals surface area contributed by atoms with Crippen LogP contribution in [-0.2, 0) is 0 Å². The van der Waals surface area contributed by atoms with Crippen molar-refractivity contribution in [2.24, 2.45) is 0 Å². The Hall–Kier alpha value is -1.29. The van der Waals surface area contributed by atoms with Gasteiger partial charge in [-0.3, -0.25) is 0 Å². The van der Waals surface area contributed by atoms with Gasteiger partial charge in [-0.2, -0.15) is 0 Å². The first-order valence-electron chi connectivity index (χ1n) is 4.25. The van der Waals surface area contributed by atoms with E-state index >= 15 is 0 Å². The minimum absolute atomic E-state index is 0.290. The average molecular weight is 208 g/mol. The summed E-state index contributed by atoms with van der Waals surface area (Å²) in [4.78, 5) is 6.98. The lowest BCUT2D eigenvalue weighted by Crippen LogP contribution is -1.94. The summed E-state index contributed by atoms with van der Waals surface area (Å²) in [6.45, 7) is 3.65. The highest BCUT2D eigenvalue weighted by Crippen LogP contribution is 2.20. The second kappa shape index (κ2) is 3.13. The number of halogens is 1. The Morgan fingerprint density at radius 2 is 2.07 bits per heavy atom. The van der Waals surface area contributed by atoms with Crippen LogP contribution in [0.3, 0.4) is 0 Å². The molecule has 72 valence electrons. The maximum absolute atomic E-state index is 13.4. The van der Waals surface area contributed by atoms with Crippen LogP contribution in [0.25, 0.3) is 10.9 Å². The molecule has 2 rings (SSSR count). The molecule has 0 atom stereocenters. The quantitative estimate of drug-likeness (QED) is 0.674. The Morgan fingerprint density at radius 3 is 2.79 bits per heavy atom. The van der Waals surface area contributed by atoms with E-state index in [-0.39, 0.29) is 5.82 Å². The van der Waals surface area contributed by atoms with Crippen molar-refractivity contribution in [1.82, 2.24) is 9.97 Å². The van der Waals surface area contributed by atoms with Crippen LogP contribution in [0.2, 0.25) is 0 Å². The van der Waals surface area contributed by atoms with Crippen LogP contribution in [-0.4, -0.2) is 9.97 Å². The molecule has 0 spiro atoms. The molecule has 0 unspecified atom stereocenters. The van der Waals surface area contributed by atoms with Crippen LogP contribution in [0.5, 0.6) is 0 Å². The van der Waals surface area contributed by atoms with E-state index in [1.165, 1.54) is 6.07 Å². The monoisotopic (exact) mass is 208 g/mol. The molecule has 0 radical (unpaired) electrons. The van der Waals surface area contributed by atoms with Gasteiger partial charge in [0.15, 0.2) is 0 Å². The number of aryl methyl sites for hydroxylation is 2. The molecule has 0 saturated carbocycles. The molecule has 1 aromatic heterocycles. The lowest BCUT2D eigenvalue weighted by molar-refractivity contribution is 0.635. The number of fused-ring (bicyclic) bond motifs is 1. The van der Waals surface area contributed by atoms with Crippen LogP contribution >= 0.6 is 12.2 Å². The Labute approximate surface area is 85.8 Å². The van der Waals surface area contributed by atoms with Gasteiger partial charge in [-0.15, -0.1) is 0 Å².